The van der Waals surface area contributed by atoms with Crippen LogP contribution in [0.4, 0.5) is 10.1 Å². The number of nitrogen functional groups attached to an aromatic ring is 1. The van der Waals surface area contributed by atoms with E-state index >= 15 is 0 Å². The van der Waals surface area contributed by atoms with Gasteiger partial charge in [0.1, 0.15) is 5.82 Å². The zero-order valence-corrected chi connectivity index (χ0v) is 7.07. The number of benzene rings is 1. The summed E-state index contributed by atoms with van der Waals surface area (Å²) >= 11 is 3.18. The van der Waals surface area contributed by atoms with Gasteiger partial charge in [0.15, 0.2) is 0 Å². The summed E-state index contributed by atoms with van der Waals surface area (Å²) in [4.78, 5) is 0. The Kier molecular flexibility index (Phi) is 1.94. The highest BCUT2D eigenvalue weighted by atomic mass is 79.9. The van der Waals surface area contributed by atoms with E-state index in [2.05, 4.69) is 15.9 Å². The minimum atomic E-state index is -0.339. The molecule has 54 valence electrons. The van der Waals surface area contributed by atoms with Gasteiger partial charge in [-0.1, -0.05) is 15.9 Å². The van der Waals surface area contributed by atoms with E-state index in [0.29, 0.717) is 5.56 Å². The second-order valence-corrected chi connectivity index (χ2v) is 2.93. The van der Waals surface area contributed by atoms with Crippen molar-refractivity contribution in [2.75, 3.05) is 5.73 Å². The number of anilines is 1. The molecule has 1 nitrogen and oxygen atoms in total. The van der Waals surface area contributed by atoms with Gasteiger partial charge in [-0.3, -0.25) is 0 Å². The molecular formula is C7H7BrFN. The van der Waals surface area contributed by atoms with Crippen LogP contribution in [-0.2, 0) is 0 Å². The van der Waals surface area contributed by atoms with E-state index in [-0.39, 0.29) is 11.5 Å². The Morgan fingerprint density at radius 3 is 2.60 bits per heavy atom. The zero-order valence-electron chi connectivity index (χ0n) is 5.49. The molecule has 0 saturated carbocycles. The Balaban J connectivity index is 3.34. The number of hydrogen-bond donors (Lipinski definition) is 1. The maximum absolute atomic E-state index is 12.8. The molecule has 0 aromatic heterocycles. The van der Waals surface area contributed by atoms with Gasteiger partial charge in [-0.2, -0.15) is 0 Å². The fourth-order valence-electron chi connectivity index (χ4n) is 0.682. The molecule has 0 spiro atoms. The highest BCUT2D eigenvalue weighted by Crippen LogP contribution is 2.22. The average Bonchev–Trinajstić information content (AvgIpc) is 1.93. The molecule has 10 heavy (non-hydrogen) atoms. The molecule has 1 aromatic rings. The predicted octanol–water partition coefficient (Wildman–Crippen LogP) is 2.48. The lowest BCUT2D eigenvalue weighted by Gasteiger charge is -2.01. The van der Waals surface area contributed by atoms with Crippen LogP contribution in [0, 0.1) is 12.7 Å². The third-order valence-corrected chi connectivity index (χ3v) is 2.21. The summed E-state index contributed by atoms with van der Waals surface area (Å²) in [5.74, 6) is -0.339. The minimum absolute atomic E-state index is 0.195. The van der Waals surface area contributed by atoms with Crippen LogP contribution >= 0.6 is 15.9 Å². The van der Waals surface area contributed by atoms with Gasteiger partial charge in [-0.25, -0.2) is 4.39 Å². The Bertz CT molecular complexity index is 233. The van der Waals surface area contributed by atoms with Crippen molar-refractivity contribution in [3.63, 3.8) is 0 Å². The van der Waals surface area contributed by atoms with Gasteiger partial charge < -0.3 is 5.73 Å². The first-order valence-electron chi connectivity index (χ1n) is 2.83. The summed E-state index contributed by atoms with van der Waals surface area (Å²) in [7, 11) is 0. The number of nitrogens with two attached hydrogens (primary N) is 1. The number of halogens is 2. The first-order valence-corrected chi connectivity index (χ1v) is 3.62. The molecule has 3 heteroatoms. The van der Waals surface area contributed by atoms with Crippen molar-refractivity contribution in [2.24, 2.45) is 0 Å². The lowest BCUT2D eigenvalue weighted by molar-refractivity contribution is 0.622. The lowest BCUT2D eigenvalue weighted by Crippen LogP contribution is -1.93. The van der Waals surface area contributed by atoms with Crippen molar-refractivity contribution in [1.82, 2.24) is 0 Å². The second-order valence-electron chi connectivity index (χ2n) is 2.08. The van der Waals surface area contributed by atoms with Crippen molar-refractivity contribution in [3.8, 4) is 0 Å². The minimum Gasteiger partial charge on any atom is -0.396 e. The molecule has 2 N–H and O–H groups in total. The van der Waals surface area contributed by atoms with E-state index in [9.17, 15) is 4.39 Å². The smallest absolute Gasteiger partial charge is 0.150 e. The van der Waals surface area contributed by atoms with Crippen LogP contribution in [0.3, 0.4) is 0 Å². The first-order chi connectivity index (χ1) is 4.63. The summed E-state index contributed by atoms with van der Waals surface area (Å²) in [5.41, 5.74) is 6.04. The molecule has 0 atom stereocenters. The van der Waals surface area contributed by atoms with Crippen LogP contribution in [0.5, 0.6) is 0 Å². The highest BCUT2D eigenvalue weighted by Gasteiger charge is 2.03. The monoisotopic (exact) mass is 203 g/mol. The van der Waals surface area contributed by atoms with Crippen LogP contribution in [0.1, 0.15) is 5.56 Å². The van der Waals surface area contributed by atoms with Gasteiger partial charge in [0, 0.05) is 10.0 Å². The van der Waals surface area contributed by atoms with Gasteiger partial charge in [0.2, 0.25) is 0 Å². The molecule has 0 fully saturated rings. The SMILES string of the molecule is Cc1c(Br)ccc(N)c1F. The third-order valence-electron chi connectivity index (χ3n) is 1.35. The van der Waals surface area contributed by atoms with E-state index < -0.39 is 0 Å². The van der Waals surface area contributed by atoms with Crippen LogP contribution in [-0.4, -0.2) is 0 Å². The van der Waals surface area contributed by atoms with Crippen LogP contribution in [0.25, 0.3) is 0 Å². The van der Waals surface area contributed by atoms with Crippen molar-refractivity contribution >= 4 is 21.6 Å². The van der Waals surface area contributed by atoms with Crippen LogP contribution in [0.15, 0.2) is 16.6 Å². The fraction of sp³-hybridized carbons (Fsp3) is 0.143. The maximum atomic E-state index is 12.8. The molecular weight excluding hydrogens is 197 g/mol. The molecule has 0 unspecified atom stereocenters. The quantitative estimate of drug-likeness (QED) is 0.645. The molecule has 1 rings (SSSR count). The fourth-order valence-corrected chi connectivity index (χ4v) is 0.989. The van der Waals surface area contributed by atoms with E-state index in [4.69, 9.17) is 5.73 Å². The summed E-state index contributed by atoms with van der Waals surface area (Å²) in [6.45, 7) is 1.68. The second kappa shape index (κ2) is 2.58. The molecule has 0 radical (unpaired) electrons. The van der Waals surface area contributed by atoms with Crippen LogP contribution < -0.4 is 5.73 Å². The summed E-state index contributed by atoms with van der Waals surface area (Å²) in [6, 6.07) is 3.26. The van der Waals surface area contributed by atoms with E-state index in [0.717, 1.165) is 4.47 Å². The van der Waals surface area contributed by atoms with Crippen molar-refractivity contribution < 1.29 is 4.39 Å². The third kappa shape index (κ3) is 1.14. The number of hydrogen-bond acceptors (Lipinski definition) is 1. The molecule has 0 saturated heterocycles. The standard InChI is InChI=1S/C7H7BrFN/c1-4-5(8)2-3-6(10)7(4)9/h2-3H,10H2,1H3. The Morgan fingerprint density at radius 2 is 2.10 bits per heavy atom. The van der Waals surface area contributed by atoms with Crippen molar-refractivity contribution in [3.05, 3.63) is 28.0 Å². The highest BCUT2D eigenvalue weighted by molar-refractivity contribution is 9.10. The molecule has 0 bridgehead atoms. The maximum Gasteiger partial charge on any atom is 0.150 e. The first kappa shape index (κ1) is 7.54. The summed E-state index contributed by atoms with van der Waals surface area (Å²) in [5, 5.41) is 0. The van der Waals surface area contributed by atoms with E-state index in [1.54, 1.807) is 13.0 Å². The van der Waals surface area contributed by atoms with Crippen molar-refractivity contribution in [1.29, 1.82) is 0 Å². The number of rotatable bonds is 0. The van der Waals surface area contributed by atoms with Gasteiger partial charge >= 0.3 is 0 Å². The molecule has 0 aliphatic carbocycles. The van der Waals surface area contributed by atoms with E-state index in [1.807, 2.05) is 0 Å². The van der Waals surface area contributed by atoms with E-state index in [1.165, 1.54) is 6.07 Å². The molecule has 0 amide bonds. The van der Waals surface area contributed by atoms with Gasteiger partial charge in [0.05, 0.1) is 5.69 Å². The van der Waals surface area contributed by atoms with Gasteiger partial charge in [-0.05, 0) is 19.1 Å². The van der Waals surface area contributed by atoms with Gasteiger partial charge in [-0.15, -0.1) is 0 Å². The topological polar surface area (TPSA) is 26.0 Å². The lowest BCUT2D eigenvalue weighted by atomic mass is 10.2. The molecule has 0 aliphatic rings. The van der Waals surface area contributed by atoms with Crippen molar-refractivity contribution in [2.45, 2.75) is 6.92 Å². The Morgan fingerprint density at radius 1 is 1.50 bits per heavy atom. The summed E-state index contributed by atoms with van der Waals surface area (Å²) in [6.07, 6.45) is 0. The normalized spacial score (nSPS) is 9.90. The molecule has 1 aromatic carbocycles. The predicted molar refractivity (Wildman–Crippen MR) is 43.2 cm³/mol. The summed E-state index contributed by atoms with van der Waals surface area (Å²) < 4.78 is 13.6. The molecule has 0 heterocycles. The Hall–Kier alpha value is -0.570. The van der Waals surface area contributed by atoms with Crippen LogP contribution in [0.2, 0.25) is 0 Å². The zero-order chi connectivity index (χ0) is 7.72. The average molecular weight is 204 g/mol. The Labute approximate surface area is 67.2 Å². The molecule has 0 aliphatic heterocycles. The largest absolute Gasteiger partial charge is 0.396 e. The van der Waals surface area contributed by atoms with Gasteiger partial charge in [0.25, 0.3) is 0 Å².